The normalized spacial score (nSPS) is 10.8. The van der Waals surface area contributed by atoms with Crippen molar-refractivity contribution in [2.45, 2.75) is 11.0 Å². The van der Waals surface area contributed by atoms with Crippen LogP contribution in [0.15, 0.2) is 58.2 Å². The average Bonchev–Trinajstić information content (AvgIpc) is 2.96. The number of benzene rings is 2. The Kier molecular flexibility index (Phi) is 4.48. The van der Waals surface area contributed by atoms with E-state index < -0.39 is 0 Å². The largest absolute Gasteiger partial charge is 0.411 e. The van der Waals surface area contributed by atoms with Gasteiger partial charge in [-0.25, -0.2) is 0 Å². The highest BCUT2D eigenvalue weighted by Gasteiger charge is 2.12. The number of rotatable bonds is 4. The molecule has 0 unspecified atom stereocenters. The van der Waals surface area contributed by atoms with E-state index in [1.54, 1.807) is 6.07 Å². The van der Waals surface area contributed by atoms with Gasteiger partial charge in [0.2, 0.25) is 5.89 Å². The fraction of sp³-hybridized carbons (Fsp3) is 0.0667. The van der Waals surface area contributed by atoms with Crippen molar-refractivity contribution in [3.05, 3.63) is 64.1 Å². The van der Waals surface area contributed by atoms with Gasteiger partial charge in [0.1, 0.15) is 0 Å². The Balaban J connectivity index is 1.74. The minimum Gasteiger partial charge on any atom is -0.411 e. The summed E-state index contributed by atoms with van der Waals surface area (Å²) in [7, 11) is 0. The zero-order valence-corrected chi connectivity index (χ0v) is 13.1. The van der Waals surface area contributed by atoms with Gasteiger partial charge in [-0.05, 0) is 23.8 Å². The zero-order valence-electron chi connectivity index (χ0n) is 10.8. The molecule has 0 aliphatic heterocycles. The molecule has 0 spiro atoms. The SMILES string of the molecule is Clc1ccccc1CSc1nnc(-c2ccccc2Cl)o1. The topological polar surface area (TPSA) is 38.9 Å². The van der Waals surface area contributed by atoms with Gasteiger partial charge < -0.3 is 4.42 Å². The molecule has 1 aromatic heterocycles. The number of nitrogens with zero attached hydrogens (tertiary/aromatic N) is 2. The van der Waals surface area contributed by atoms with Gasteiger partial charge in [0.15, 0.2) is 0 Å². The summed E-state index contributed by atoms with van der Waals surface area (Å²) in [5, 5.41) is 9.86. The summed E-state index contributed by atoms with van der Waals surface area (Å²) in [6.07, 6.45) is 0. The van der Waals surface area contributed by atoms with Gasteiger partial charge in [0, 0.05) is 10.8 Å². The monoisotopic (exact) mass is 336 g/mol. The summed E-state index contributed by atoms with van der Waals surface area (Å²) in [6.45, 7) is 0. The van der Waals surface area contributed by atoms with E-state index in [1.807, 2.05) is 42.5 Å². The lowest BCUT2D eigenvalue weighted by molar-refractivity contribution is 0.466. The average molecular weight is 337 g/mol. The van der Waals surface area contributed by atoms with E-state index in [2.05, 4.69) is 10.2 Å². The van der Waals surface area contributed by atoms with Crippen LogP contribution >= 0.6 is 35.0 Å². The van der Waals surface area contributed by atoms with Crippen molar-refractivity contribution in [3.8, 4) is 11.5 Å². The van der Waals surface area contributed by atoms with Crippen LogP contribution in [0, 0.1) is 0 Å². The summed E-state index contributed by atoms with van der Waals surface area (Å²) >= 11 is 13.7. The van der Waals surface area contributed by atoms with Crippen LogP contribution in [-0.2, 0) is 5.75 Å². The van der Waals surface area contributed by atoms with Crippen LogP contribution in [0.1, 0.15) is 5.56 Å². The van der Waals surface area contributed by atoms with Crippen molar-refractivity contribution in [2.24, 2.45) is 0 Å². The molecule has 21 heavy (non-hydrogen) atoms. The lowest BCUT2D eigenvalue weighted by Crippen LogP contribution is -1.81. The Morgan fingerprint density at radius 1 is 0.905 bits per heavy atom. The maximum Gasteiger partial charge on any atom is 0.277 e. The zero-order chi connectivity index (χ0) is 14.7. The molecule has 106 valence electrons. The number of hydrogen-bond donors (Lipinski definition) is 0. The second-order valence-corrected chi connectivity index (χ2v) is 5.97. The molecule has 0 saturated carbocycles. The second-order valence-electron chi connectivity index (χ2n) is 4.23. The number of thioether (sulfide) groups is 1. The Labute approximate surface area is 136 Å². The van der Waals surface area contributed by atoms with Crippen molar-refractivity contribution in [3.63, 3.8) is 0 Å². The van der Waals surface area contributed by atoms with Crippen molar-refractivity contribution in [2.75, 3.05) is 0 Å². The number of aromatic nitrogens is 2. The predicted octanol–water partition coefficient (Wildman–Crippen LogP) is 5.34. The minimum absolute atomic E-state index is 0.419. The van der Waals surface area contributed by atoms with Crippen LogP contribution in [-0.4, -0.2) is 10.2 Å². The first-order chi connectivity index (χ1) is 10.2. The summed E-state index contributed by atoms with van der Waals surface area (Å²) < 4.78 is 5.63. The van der Waals surface area contributed by atoms with Crippen LogP contribution in [0.25, 0.3) is 11.5 Å². The van der Waals surface area contributed by atoms with Gasteiger partial charge in [0.25, 0.3) is 5.22 Å². The van der Waals surface area contributed by atoms with Gasteiger partial charge in [0.05, 0.1) is 10.6 Å². The van der Waals surface area contributed by atoms with E-state index in [4.69, 9.17) is 27.6 Å². The molecule has 0 aliphatic carbocycles. The van der Waals surface area contributed by atoms with Gasteiger partial charge in [-0.2, -0.15) is 0 Å². The van der Waals surface area contributed by atoms with E-state index in [0.717, 1.165) is 16.1 Å². The smallest absolute Gasteiger partial charge is 0.277 e. The molecular formula is C15H10Cl2N2OS. The molecule has 3 aromatic rings. The van der Waals surface area contributed by atoms with Crippen LogP contribution in [0.2, 0.25) is 10.0 Å². The highest BCUT2D eigenvalue weighted by atomic mass is 35.5. The molecule has 0 N–H and O–H groups in total. The van der Waals surface area contributed by atoms with Gasteiger partial charge in [-0.1, -0.05) is 65.3 Å². The van der Waals surface area contributed by atoms with Gasteiger partial charge in [-0.3, -0.25) is 0 Å². The van der Waals surface area contributed by atoms with E-state index >= 15 is 0 Å². The second kappa shape index (κ2) is 6.52. The van der Waals surface area contributed by atoms with E-state index in [-0.39, 0.29) is 0 Å². The van der Waals surface area contributed by atoms with Crippen LogP contribution in [0.3, 0.4) is 0 Å². The van der Waals surface area contributed by atoms with Gasteiger partial charge in [-0.15, -0.1) is 10.2 Å². The Hall–Kier alpha value is -1.49. The fourth-order valence-electron chi connectivity index (χ4n) is 1.77. The van der Waals surface area contributed by atoms with E-state index in [0.29, 0.717) is 21.9 Å². The Morgan fingerprint density at radius 2 is 1.62 bits per heavy atom. The quantitative estimate of drug-likeness (QED) is 0.603. The van der Waals surface area contributed by atoms with Crippen LogP contribution in [0.4, 0.5) is 0 Å². The van der Waals surface area contributed by atoms with Gasteiger partial charge >= 0.3 is 0 Å². The maximum absolute atomic E-state index is 6.11. The highest BCUT2D eigenvalue weighted by Crippen LogP contribution is 2.30. The molecule has 0 bridgehead atoms. The summed E-state index contributed by atoms with van der Waals surface area (Å²) in [4.78, 5) is 0. The molecule has 0 fully saturated rings. The molecule has 0 amide bonds. The molecule has 0 radical (unpaired) electrons. The summed E-state index contributed by atoms with van der Waals surface area (Å²) in [6, 6.07) is 15.1. The first-order valence-corrected chi connectivity index (χ1v) is 7.93. The first-order valence-electron chi connectivity index (χ1n) is 6.18. The summed E-state index contributed by atoms with van der Waals surface area (Å²) in [5.41, 5.74) is 1.76. The van der Waals surface area contributed by atoms with E-state index in [1.165, 1.54) is 11.8 Å². The molecule has 2 aromatic carbocycles. The highest BCUT2D eigenvalue weighted by molar-refractivity contribution is 7.98. The lowest BCUT2D eigenvalue weighted by Gasteiger charge is -2.00. The van der Waals surface area contributed by atoms with Crippen molar-refractivity contribution in [1.29, 1.82) is 0 Å². The molecule has 3 nitrogen and oxygen atoms in total. The number of halogens is 2. The van der Waals surface area contributed by atoms with E-state index in [9.17, 15) is 0 Å². The molecule has 3 rings (SSSR count). The molecular weight excluding hydrogens is 327 g/mol. The minimum atomic E-state index is 0.419. The molecule has 0 saturated heterocycles. The van der Waals surface area contributed by atoms with Crippen molar-refractivity contribution < 1.29 is 4.42 Å². The third-order valence-electron chi connectivity index (χ3n) is 2.82. The fourth-order valence-corrected chi connectivity index (χ4v) is 3.03. The van der Waals surface area contributed by atoms with Crippen molar-refractivity contribution >= 4 is 35.0 Å². The summed E-state index contributed by atoms with van der Waals surface area (Å²) in [5.74, 6) is 1.09. The maximum atomic E-state index is 6.11. The molecule has 6 heteroatoms. The van der Waals surface area contributed by atoms with Crippen LogP contribution < -0.4 is 0 Å². The molecule has 0 atom stereocenters. The third-order valence-corrected chi connectivity index (χ3v) is 4.39. The van der Waals surface area contributed by atoms with Crippen molar-refractivity contribution in [1.82, 2.24) is 10.2 Å². The predicted molar refractivity (Wildman–Crippen MR) is 85.8 cm³/mol. The Morgan fingerprint density at radius 3 is 2.38 bits per heavy atom. The van der Waals surface area contributed by atoms with Crippen LogP contribution in [0.5, 0.6) is 0 Å². The molecule has 0 aliphatic rings. The lowest BCUT2D eigenvalue weighted by atomic mass is 10.2. The first kappa shape index (κ1) is 14.4. The standard InChI is InChI=1S/C15H10Cl2N2OS/c16-12-7-3-1-5-10(12)9-21-15-19-18-14(20-15)11-6-2-4-8-13(11)17/h1-8H,9H2. The Bertz CT molecular complexity index is 761. The molecule has 1 heterocycles. The number of hydrogen-bond acceptors (Lipinski definition) is 4. The third kappa shape index (κ3) is 3.40.